The topological polar surface area (TPSA) is 116 Å². The van der Waals surface area contributed by atoms with Crippen LogP contribution in [0.4, 0.5) is 22.0 Å². The van der Waals surface area contributed by atoms with Gasteiger partial charge in [0.05, 0.1) is 6.61 Å². The number of halogens is 5. The van der Waals surface area contributed by atoms with E-state index < -0.39 is 58.1 Å². The predicted molar refractivity (Wildman–Crippen MR) is 68.8 cm³/mol. The number of hydrogen-bond acceptors (Lipinski definition) is 7. The lowest BCUT2D eigenvalue weighted by Gasteiger charge is -2.32. The van der Waals surface area contributed by atoms with E-state index in [4.69, 9.17) is 4.55 Å². The molecule has 14 heteroatoms. The Labute approximate surface area is 138 Å². The third-order valence-corrected chi connectivity index (χ3v) is 3.20. The molecule has 0 aromatic rings. The summed E-state index contributed by atoms with van der Waals surface area (Å²) in [6.45, 7) is 1.50. The van der Waals surface area contributed by atoms with E-state index in [0.717, 1.165) is 13.8 Å². The quantitative estimate of drug-likeness (QED) is 0.214. The van der Waals surface area contributed by atoms with E-state index in [9.17, 15) is 40.0 Å². The molecule has 0 aromatic carbocycles. The minimum atomic E-state index is -6.19. The van der Waals surface area contributed by atoms with Crippen molar-refractivity contribution in [2.24, 2.45) is 0 Å². The maximum absolute atomic E-state index is 13.3. The fourth-order valence-electron chi connectivity index (χ4n) is 1.09. The van der Waals surface area contributed by atoms with Crippen molar-refractivity contribution in [3.05, 3.63) is 12.2 Å². The molecule has 1 atom stereocenters. The number of rotatable bonds is 8. The summed E-state index contributed by atoms with van der Waals surface area (Å²) in [6, 6.07) is 0. The van der Waals surface area contributed by atoms with Crippen LogP contribution in [-0.2, 0) is 33.9 Å². The second kappa shape index (κ2) is 7.61. The highest BCUT2D eigenvalue weighted by atomic mass is 32.2. The fraction of sp³-hybridized carbons (Fsp3) is 0.636. The van der Waals surface area contributed by atoms with Crippen LogP contribution in [0.5, 0.6) is 0 Å². The summed E-state index contributed by atoms with van der Waals surface area (Å²) in [6.07, 6.45) is -5.94. The van der Waals surface area contributed by atoms with E-state index in [1.807, 2.05) is 0 Å². The molecule has 0 bridgehead atoms. The van der Waals surface area contributed by atoms with Crippen molar-refractivity contribution in [1.82, 2.24) is 0 Å². The summed E-state index contributed by atoms with van der Waals surface area (Å²) < 4.78 is 107. The Morgan fingerprint density at radius 1 is 1.16 bits per heavy atom. The molecule has 0 amide bonds. The predicted octanol–water partition coefficient (Wildman–Crippen LogP) is 1.42. The van der Waals surface area contributed by atoms with Crippen LogP contribution in [-0.4, -0.2) is 55.3 Å². The molecule has 0 saturated carbocycles. The Bertz CT molecular complexity index is 641. The van der Waals surface area contributed by atoms with Crippen LogP contribution in [0.15, 0.2) is 12.2 Å². The lowest BCUT2D eigenvalue weighted by molar-refractivity contribution is -0.360. The van der Waals surface area contributed by atoms with Crippen molar-refractivity contribution in [1.29, 1.82) is 0 Å². The van der Waals surface area contributed by atoms with Gasteiger partial charge < -0.3 is 14.2 Å². The Morgan fingerprint density at radius 2 is 1.64 bits per heavy atom. The number of carbonyl (C=O) groups is 2. The first-order valence-corrected chi connectivity index (χ1v) is 7.57. The van der Waals surface area contributed by atoms with Crippen LogP contribution in [0, 0.1) is 0 Å². The largest absolute Gasteiger partial charge is 0.468 e. The van der Waals surface area contributed by atoms with Crippen molar-refractivity contribution in [2.75, 3.05) is 13.2 Å². The van der Waals surface area contributed by atoms with Crippen LogP contribution < -0.4 is 0 Å². The van der Waals surface area contributed by atoms with Crippen molar-refractivity contribution < 1.29 is 58.7 Å². The van der Waals surface area contributed by atoms with Gasteiger partial charge >= 0.3 is 39.3 Å². The SMILES string of the molecule is C=C(C)C(=O)OC(OCC(F)(F)S(=O)(=O)O)(C(=O)OCC)C(F)(F)F. The second-order valence-corrected chi connectivity index (χ2v) is 5.95. The molecule has 0 heterocycles. The molecular weight excluding hydrogens is 387 g/mol. The van der Waals surface area contributed by atoms with Crippen molar-refractivity contribution in [2.45, 2.75) is 31.1 Å². The van der Waals surface area contributed by atoms with Gasteiger partial charge in [0.2, 0.25) is 0 Å². The Kier molecular flexibility index (Phi) is 7.07. The summed E-state index contributed by atoms with van der Waals surface area (Å²) in [5.74, 6) is -9.00. The average molecular weight is 400 g/mol. The third-order valence-electron chi connectivity index (χ3n) is 2.32. The number of esters is 2. The molecule has 0 fully saturated rings. The number of alkyl halides is 5. The smallest absolute Gasteiger partial charge is 0.461 e. The van der Waals surface area contributed by atoms with Gasteiger partial charge in [-0.05, 0) is 13.8 Å². The first-order valence-electron chi connectivity index (χ1n) is 6.13. The summed E-state index contributed by atoms with van der Waals surface area (Å²) in [4.78, 5) is 23.0. The molecule has 0 saturated heterocycles. The van der Waals surface area contributed by atoms with Crippen LogP contribution in [0.2, 0.25) is 0 Å². The summed E-state index contributed by atoms with van der Waals surface area (Å²) in [5, 5.41) is -5.24. The minimum Gasteiger partial charge on any atom is -0.461 e. The van der Waals surface area contributed by atoms with Crippen LogP contribution in [0.25, 0.3) is 0 Å². The van der Waals surface area contributed by atoms with Crippen LogP contribution in [0.1, 0.15) is 13.8 Å². The first kappa shape index (κ1) is 23.2. The molecule has 0 aliphatic heterocycles. The van der Waals surface area contributed by atoms with E-state index in [0.29, 0.717) is 0 Å². The van der Waals surface area contributed by atoms with E-state index in [-0.39, 0.29) is 0 Å². The highest BCUT2D eigenvalue weighted by Gasteiger charge is 2.69. The highest BCUT2D eigenvalue weighted by Crippen LogP contribution is 2.38. The number of carbonyl (C=O) groups excluding carboxylic acids is 2. The molecule has 0 radical (unpaired) electrons. The average Bonchev–Trinajstić information content (AvgIpc) is 2.40. The van der Waals surface area contributed by atoms with Crippen LogP contribution >= 0.6 is 0 Å². The molecule has 1 N–H and O–H groups in total. The third kappa shape index (κ3) is 5.34. The minimum absolute atomic E-state index is 0.664. The fourth-order valence-corrected chi connectivity index (χ4v) is 1.30. The summed E-state index contributed by atoms with van der Waals surface area (Å²) in [7, 11) is -6.19. The molecule has 0 aliphatic carbocycles. The van der Waals surface area contributed by atoms with E-state index in [1.54, 1.807) is 0 Å². The van der Waals surface area contributed by atoms with Crippen LogP contribution in [0.3, 0.4) is 0 Å². The zero-order valence-corrected chi connectivity index (χ0v) is 13.5. The molecule has 146 valence electrons. The van der Waals surface area contributed by atoms with E-state index in [1.165, 1.54) is 0 Å². The van der Waals surface area contributed by atoms with Gasteiger partial charge in [0.15, 0.2) is 0 Å². The maximum Gasteiger partial charge on any atom is 0.468 e. The Hall–Kier alpha value is -1.80. The van der Waals surface area contributed by atoms with Crippen molar-refractivity contribution >= 4 is 22.1 Å². The molecule has 8 nitrogen and oxygen atoms in total. The maximum atomic E-state index is 13.3. The van der Waals surface area contributed by atoms with Gasteiger partial charge in [0.1, 0.15) is 6.61 Å². The van der Waals surface area contributed by atoms with Gasteiger partial charge in [-0.25, -0.2) is 9.59 Å². The van der Waals surface area contributed by atoms with Gasteiger partial charge in [-0.1, -0.05) is 6.58 Å². The van der Waals surface area contributed by atoms with Crippen molar-refractivity contribution in [3.8, 4) is 0 Å². The van der Waals surface area contributed by atoms with Crippen molar-refractivity contribution in [3.63, 3.8) is 0 Å². The Morgan fingerprint density at radius 3 is 1.96 bits per heavy atom. The standard InChI is InChI=1S/C11H13F5O8S/c1-4-22-8(18)10(11(14,15)16,24-7(17)6(2)3)23-5-9(12,13)25(19,20)21/h2,4-5H2,1,3H3,(H,19,20,21). The lowest BCUT2D eigenvalue weighted by atomic mass is 10.2. The summed E-state index contributed by atoms with van der Waals surface area (Å²) in [5.41, 5.74) is -0.664. The number of ether oxygens (including phenoxy) is 3. The lowest BCUT2D eigenvalue weighted by Crippen LogP contribution is -2.59. The van der Waals surface area contributed by atoms with E-state index in [2.05, 4.69) is 20.8 Å². The van der Waals surface area contributed by atoms with Gasteiger partial charge in [0.25, 0.3) is 0 Å². The van der Waals surface area contributed by atoms with Gasteiger partial charge in [-0.15, -0.1) is 0 Å². The van der Waals surface area contributed by atoms with Gasteiger partial charge in [0, 0.05) is 5.57 Å². The number of hydrogen-bond donors (Lipinski definition) is 1. The zero-order valence-electron chi connectivity index (χ0n) is 12.7. The zero-order chi connectivity index (χ0) is 20.3. The normalized spacial score (nSPS) is 15.2. The molecule has 0 rings (SSSR count). The van der Waals surface area contributed by atoms with Gasteiger partial charge in [-0.3, -0.25) is 4.55 Å². The summed E-state index contributed by atoms with van der Waals surface area (Å²) >= 11 is 0. The molecule has 0 aromatic heterocycles. The molecule has 25 heavy (non-hydrogen) atoms. The second-order valence-electron chi connectivity index (χ2n) is 4.41. The molecule has 1 unspecified atom stereocenters. The molecular formula is C11H13F5O8S. The molecule has 0 aliphatic rings. The first-order chi connectivity index (χ1) is 11.0. The van der Waals surface area contributed by atoms with Gasteiger partial charge in [-0.2, -0.15) is 30.4 Å². The Balaban J connectivity index is 6.06. The van der Waals surface area contributed by atoms with E-state index >= 15 is 0 Å². The molecule has 0 spiro atoms. The highest BCUT2D eigenvalue weighted by molar-refractivity contribution is 7.86. The monoisotopic (exact) mass is 400 g/mol.